The molecule has 0 saturated carbocycles. The molecule has 34 heavy (non-hydrogen) atoms. The van der Waals surface area contributed by atoms with Crippen molar-refractivity contribution >= 4 is 29.4 Å². The summed E-state index contributed by atoms with van der Waals surface area (Å²) in [6, 6.07) is 23.9. The van der Waals surface area contributed by atoms with Gasteiger partial charge in [-0.05, 0) is 40.8 Å². The molecular formula is C27H26ClNO5. The van der Waals surface area contributed by atoms with Crippen LogP contribution in [0.1, 0.15) is 30.4 Å². The maximum Gasteiger partial charge on any atom is 0.306 e. The van der Waals surface area contributed by atoms with E-state index in [0.29, 0.717) is 11.4 Å². The zero-order valence-corrected chi connectivity index (χ0v) is 19.3. The first-order chi connectivity index (χ1) is 16.4. The first-order valence-corrected chi connectivity index (χ1v) is 11.3. The van der Waals surface area contributed by atoms with E-state index in [2.05, 4.69) is 5.32 Å². The number of carboxylic acids is 1. The van der Waals surface area contributed by atoms with Crippen molar-refractivity contribution in [3.63, 3.8) is 0 Å². The number of ether oxygens (including phenoxy) is 1. The average molecular weight is 480 g/mol. The monoisotopic (exact) mass is 479 g/mol. The molecule has 0 radical (unpaired) electrons. The summed E-state index contributed by atoms with van der Waals surface area (Å²) in [5, 5.41) is 12.6. The number of carboxylic acid groups (broad SMARTS) is 1. The highest BCUT2D eigenvalue weighted by Gasteiger charge is 2.18. The Morgan fingerprint density at radius 1 is 0.853 bits per heavy atom. The molecular weight excluding hydrogens is 454 g/mol. The Labute approximate surface area is 203 Å². The van der Waals surface area contributed by atoms with Crippen molar-refractivity contribution in [1.82, 2.24) is 5.32 Å². The number of benzene rings is 3. The minimum atomic E-state index is -1.01. The molecule has 3 aromatic rings. The zero-order valence-electron chi connectivity index (χ0n) is 18.6. The molecule has 0 aliphatic heterocycles. The van der Waals surface area contributed by atoms with Gasteiger partial charge in [-0.3, -0.25) is 14.4 Å². The lowest BCUT2D eigenvalue weighted by Crippen LogP contribution is -2.38. The molecule has 0 saturated heterocycles. The Hall–Kier alpha value is -3.64. The van der Waals surface area contributed by atoms with Gasteiger partial charge < -0.3 is 15.2 Å². The number of rotatable bonds is 11. The molecule has 0 fully saturated rings. The molecule has 0 spiro atoms. The number of esters is 1. The smallest absolute Gasteiger partial charge is 0.306 e. The second kappa shape index (κ2) is 12.6. The van der Waals surface area contributed by atoms with E-state index < -0.39 is 23.9 Å². The highest BCUT2D eigenvalue weighted by atomic mass is 35.5. The predicted octanol–water partition coefficient (Wildman–Crippen LogP) is 5.03. The van der Waals surface area contributed by atoms with Gasteiger partial charge in [-0.25, -0.2) is 0 Å². The Morgan fingerprint density at radius 3 is 2.26 bits per heavy atom. The van der Waals surface area contributed by atoms with Gasteiger partial charge in [-0.1, -0.05) is 78.3 Å². The summed E-state index contributed by atoms with van der Waals surface area (Å²) < 4.78 is 5.18. The topological polar surface area (TPSA) is 92.7 Å². The van der Waals surface area contributed by atoms with Crippen LogP contribution in [0.4, 0.5) is 0 Å². The van der Waals surface area contributed by atoms with E-state index in [9.17, 15) is 19.5 Å². The van der Waals surface area contributed by atoms with Gasteiger partial charge >= 0.3 is 11.9 Å². The third kappa shape index (κ3) is 8.37. The van der Waals surface area contributed by atoms with E-state index in [1.54, 1.807) is 0 Å². The molecule has 3 aromatic carbocycles. The van der Waals surface area contributed by atoms with Crippen molar-refractivity contribution in [3.05, 3.63) is 95.0 Å². The van der Waals surface area contributed by atoms with E-state index in [0.717, 1.165) is 22.3 Å². The van der Waals surface area contributed by atoms with E-state index in [1.165, 1.54) is 0 Å². The number of halogens is 1. The zero-order chi connectivity index (χ0) is 24.3. The molecule has 0 heterocycles. The highest BCUT2D eigenvalue weighted by molar-refractivity contribution is 6.30. The Morgan fingerprint density at radius 2 is 1.59 bits per heavy atom. The number of aliphatic carboxylic acids is 1. The van der Waals surface area contributed by atoms with Crippen LogP contribution in [0.15, 0.2) is 78.9 Å². The van der Waals surface area contributed by atoms with Crippen molar-refractivity contribution in [2.75, 3.05) is 0 Å². The van der Waals surface area contributed by atoms with Crippen LogP contribution in [0.2, 0.25) is 5.02 Å². The van der Waals surface area contributed by atoms with Crippen LogP contribution >= 0.6 is 11.6 Å². The van der Waals surface area contributed by atoms with Gasteiger partial charge in [0.25, 0.3) is 0 Å². The minimum Gasteiger partial charge on any atom is -0.481 e. The summed E-state index contributed by atoms with van der Waals surface area (Å²) >= 11 is 6.06. The quantitative estimate of drug-likeness (QED) is 0.376. The summed E-state index contributed by atoms with van der Waals surface area (Å²) in [6.45, 7) is 0.147. The Kier molecular flexibility index (Phi) is 9.23. The number of carbonyl (C=O) groups excluding carboxylic acids is 2. The van der Waals surface area contributed by atoms with E-state index in [-0.39, 0.29) is 25.9 Å². The molecule has 1 atom stereocenters. The minimum absolute atomic E-state index is 0.0720. The molecule has 1 amide bonds. The molecule has 0 bridgehead atoms. The molecule has 6 nitrogen and oxygen atoms in total. The molecule has 0 aliphatic rings. The number of amides is 1. The van der Waals surface area contributed by atoms with Crippen LogP contribution in [-0.4, -0.2) is 29.0 Å². The highest BCUT2D eigenvalue weighted by Crippen LogP contribution is 2.23. The van der Waals surface area contributed by atoms with Gasteiger partial charge in [-0.2, -0.15) is 0 Å². The van der Waals surface area contributed by atoms with Crippen molar-refractivity contribution < 1.29 is 24.2 Å². The van der Waals surface area contributed by atoms with Gasteiger partial charge in [-0.15, -0.1) is 0 Å². The number of hydrogen-bond donors (Lipinski definition) is 2. The fraction of sp³-hybridized carbons (Fsp3) is 0.222. The normalized spacial score (nSPS) is 11.4. The third-order valence-corrected chi connectivity index (χ3v) is 5.41. The first kappa shape index (κ1) is 25.0. The van der Waals surface area contributed by atoms with Crippen molar-refractivity contribution in [3.8, 4) is 11.1 Å². The van der Waals surface area contributed by atoms with Crippen molar-refractivity contribution in [2.45, 2.75) is 38.3 Å². The second-order valence-corrected chi connectivity index (χ2v) is 8.36. The summed E-state index contributed by atoms with van der Waals surface area (Å²) in [4.78, 5) is 35.6. The van der Waals surface area contributed by atoms with E-state index in [1.807, 2.05) is 78.9 Å². The lowest BCUT2D eigenvalue weighted by Gasteiger charge is -2.17. The number of nitrogens with one attached hydrogen (secondary N) is 1. The number of hydrogen-bond acceptors (Lipinski definition) is 4. The summed E-state index contributed by atoms with van der Waals surface area (Å²) in [5.41, 5.74) is 3.72. The predicted molar refractivity (Wildman–Crippen MR) is 130 cm³/mol. The van der Waals surface area contributed by atoms with Gasteiger partial charge in [0.15, 0.2) is 0 Å². The van der Waals surface area contributed by atoms with Crippen LogP contribution in [0.25, 0.3) is 11.1 Å². The van der Waals surface area contributed by atoms with E-state index >= 15 is 0 Å². The Balaban J connectivity index is 1.51. The van der Waals surface area contributed by atoms with Crippen LogP contribution < -0.4 is 5.32 Å². The van der Waals surface area contributed by atoms with Gasteiger partial charge in [0.1, 0.15) is 6.61 Å². The maximum atomic E-state index is 12.4. The standard InChI is InChI=1S/C27H26ClNO5/c28-23-8-4-7-22(16-23)21-11-9-19(10-12-21)15-24(17-26(31)32)29-25(30)13-14-27(33)34-18-20-5-2-1-3-6-20/h1-12,16,24H,13-15,17-18H2,(H,29,30)(H,31,32). The molecule has 0 aliphatic carbocycles. The van der Waals surface area contributed by atoms with Crippen LogP contribution in [-0.2, 0) is 32.1 Å². The van der Waals surface area contributed by atoms with Crippen LogP contribution in [0, 0.1) is 0 Å². The first-order valence-electron chi connectivity index (χ1n) is 10.9. The van der Waals surface area contributed by atoms with Gasteiger partial charge in [0, 0.05) is 17.5 Å². The van der Waals surface area contributed by atoms with Gasteiger partial charge in [0.2, 0.25) is 5.91 Å². The molecule has 7 heteroatoms. The fourth-order valence-electron chi connectivity index (χ4n) is 3.50. The molecule has 1 unspecified atom stereocenters. The largest absolute Gasteiger partial charge is 0.481 e. The summed E-state index contributed by atoms with van der Waals surface area (Å²) in [6.07, 6.45) is -0.0171. The summed E-state index contributed by atoms with van der Waals surface area (Å²) in [7, 11) is 0. The van der Waals surface area contributed by atoms with E-state index in [4.69, 9.17) is 16.3 Å². The van der Waals surface area contributed by atoms with Crippen LogP contribution in [0.3, 0.4) is 0 Å². The lowest BCUT2D eigenvalue weighted by molar-refractivity contribution is -0.146. The molecule has 2 N–H and O–H groups in total. The van der Waals surface area contributed by atoms with Crippen LogP contribution in [0.5, 0.6) is 0 Å². The molecule has 176 valence electrons. The lowest BCUT2D eigenvalue weighted by atomic mass is 9.99. The Bertz CT molecular complexity index is 1120. The second-order valence-electron chi connectivity index (χ2n) is 7.92. The van der Waals surface area contributed by atoms with Gasteiger partial charge in [0.05, 0.1) is 12.8 Å². The number of carbonyl (C=O) groups is 3. The maximum absolute atomic E-state index is 12.4. The summed E-state index contributed by atoms with van der Waals surface area (Å²) in [5.74, 6) is -1.88. The molecule has 3 rings (SSSR count). The average Bonchev–Trinajstić information content (AvgIpc) is 2.82. The molecule has 0 aromatic heterocycles. The van der Waals surface area contributed by atoms with Crippen molar-refractivity contribution in [1.29, 1.82) is 0 Å². The third-order valence-electron chi connectivity index (χ3n) is 5.18. The SMILES string of the molecule is O=C(O)CC(Cc1ccc(-c2cccc(Cl)c2)cc1)NC(=O)CCC(=O)OCc1ccccc1. The van der Waals surface area contributed by atoms with Crippen molar-refractivity contribution in [2.24, 2.45) is 0 Å². The fourth-order valence-corrected chi connectivity index (χ4v) is 3.69.